The molecule has 0 radical (unpaired) electrons. The lowest BCUT2D eigenvalue weighted by Crippen LogP contribution is -2.37. The van der Waals surface area contributed by atoms with E-state index in [-0.39, 0.29) is 36.4 Å². The summed E-state index contributed by atoms with van der Waals surface area (Å²) in [6.07, 6.45) is 3.77. The van der Waals surface area contributed by atoms with E-state index >= 15 is 0 Å². The lowest BCUT2D eigenvalue weighted by Gasteiger charge is -2.33. The van der Waals surface area contributed by atoms with Crippen molar-refractivity contribution >= 4 is 28.8 Å². The van der Waals surface area contributed by atoms with Gasteiger partial charge in [-0.25, -0.2) is 4.98 Å². The predicted octanol–water partition coefficient (Wildman–Crippen LogP) is 3.24. The number of carbonyl (C=O) groups excluding carboxylic acids is 2. The molecule has 31 heavy (non-hydrogen) atoms. The Balaban J connectivity index is 1.58. The lowest BCUT2D eigenvalue weighted by atomic mass is 9.93. The molecular weight excluding hydrogens is 392 g/mol. The van der Waals surface area contributed by atoms with E-state index in [9.17, 15) is 14.4 Å². The van der Waals surface area contributed by atoms with Gasteiger partial charge in [0.2, 0.25) is 11.8 Å². The second-order valence-corrected chi connectivity index (χ2v) is 7.53. The van der Waals surface area contributed by atoms with Crippen molar-refractivity contribution in [3.8, 4) is 0 Å². The fourth-order valence-electron chi connectivity index (χ4n) is 3.97. The Morgan fingerprint density at radius 1 is 1.13 bits per heavy atom. The van der Waals surface area contributed by atoms with Gasteiger partial charge in [-0.2, -0.15) is 0 Å². The van der Waals surface area contributed by atoms with Gasteiger partial charge in [-0.15, -0.1) is 0 Å². The number of carbonyl (C=O) groups is 2. The van der Waals surface area contributed by atoms with Crippen LogP contribution in [-0.2, 0) is 16.1 Å². The SMILES string of the molecule is CCN(Cc1nc2ccccc2c(=O)[nH]1)C(=O)C[C@H]1c2ccccc2C=CN1C(C)=O. The Kier molecular flexibility index (Phi) is 5.66. The molecule has 0 fully saturated rings. The summed E-state index contributed by atoms with van der Waals surface area (Å²) < 4.78 is 0. The van der Waals surface area contributed by atoms with Gasteiger partial charge in [0.15, 0.2) is 0 Å². The van der Waals surface area contributed by atoms with Crippen LogP contribution in [0.1, 0.15) is 43.3 Å². The highest BCUT2D eigenvalue weighted by atomic mass is 16.2. The van der Waals surface area contributed by atoms with Crippen molar-refractivity contribution in [3.63, 3.8) is 0 Å². The minimum absolute atomic E-state index is 0.111. The molecule has 1 atom stereocenters. The van der Waals surface area contributed by atoms with E-state index in [2.05, 4.69) is 9.97 Å². The van der Waals surface area contributed by atoms with E-state index in [1.54, 1.807) is 34.2 Å². The highest BCUT2D eigenvalue weighted by Gasteiger charge is 2.29. The van der Waals surface area contributed by atoms with Gasteiger partial charge in [0.05, 0.1) is 29.9 Å². The molecule has 2 heterocycles. The number of hydrogen-bond acceptors (Lipinski definition) is 4. The summed E-state index contributed by atoms with van der Waals surface area (Å²) in [5.41, 5.74) is 2.32. The Morgan fingerprint density at radius 2 is 1.87 bits per heavy atom. The third kappa shape index (κ3) is 4.12. The topological polar surface area (TPSA) is 86.4 Å². The maximum Gasteiger partial charge on any atom is 0.258 e. The molecule has 1 aliphatic heterocycles. The molecule has 1 aliphatic rings. The zero-order valence-electron chi connectivity index (χ0n) is 17.5. The molecule has 2 aromatic carbocycles. The van der Waals surface area contributed by atoms with Crippen molar-refractivity contribution in [3.05, 3.63) is 82.0 Å². The maximum atomic E-state index is 13.2. The van der Waals surface area contributed by atoms with Crippen molar-refractivity contribution in [1.29, 1.82) is 0 Å². The first kappa shape index (κ1) is 20.5. The Labute approximate surface area is 180 Å². The lowest BCUT2D eigenvalue weighted by molar-refractivity contribution is -0.135. The monoisotopic (exact) mass is 416 g/mol. The van der Waals surface area contributed by atoms with E-state index < -0.39 is 0 Å². The second-order valence-electron chi connectivity index (χ2n) is 7.53. The summed E-state index contributed by atoms with van der Waals surface area (Å²) in [4.78, 5) is 48.3. The molecule has 4 rings (SSSR count). The van der Waals surface area contributed by atoms with Gasteiger partial charge in [0, 0.05) is 19.7 Å². The molecule has 1 aromatic heterocycles. The molecule has 1 N–H and O–H groups in total. The summed E-state index contributed by atoms with van der Waals surface area (Å²) in [6, 6.07) is 14.5. The van der Waals surface area contributed by atoms with Crippen molar-refractivity contribution in [2.45, 2.75) is 32.9 Å². The van der Waals surface area contributed by atoms with Gasteiger partial charge >= 0.3 is 0 Å². The zero-order valence-corrected chi connectivity index (χ0v) is 17.5. The van der Waals surface area contributed by atoms with E-state index in [1.807, 2.05) is 43.3 Å². The Bertz CT molecular complexity index is 1230. The molecular formula is C24H24N4O3. The van der Waals surface area contributed by atoms with Gasteiger partial charge in [0.25, 0.3) is 5.56 Å². The first-order valence-corrected chi connectivity index (χ1v) is 10.3. The molecule has 7 heteroatoms. The number of nitrogens with zero attached hydrogens (tertiary/aromatic N) is 3. The summed E-state index contributed by atoms with van der Waals surface area (Å²) >= 11 is 0. The third-order valence-corrected chi connectivity index (χ3v) is 5.57. The number of benzene rings is 2. The standard InChI is InChI=1S/C24H24N4O3/c1-3-27(15-22-25-20-11-7-6-10-19(20)24(31)26-22)23(30)14-21-18-9-5-4-8-17(18)12-13-28(21)16(2)29/h4-13,21H,3,14-15H2,1-2H3,(H,25,26,31)/t21-/m0/s1. The second kappa shape index (κ2) is 8.55. The van der Waals surface area contributed by atoms with Crippen LogP contribution in [-0.4, -0.2) is 38.1 Å². The van der Waals surface area contributed by atoms with Crippen LogP contribution in [0.2, 0.25) is 0 Å². The molecule has 158 valence electrons. The van der Waals surface area contributed by atoms with Crippen molar-refractivity contribution in [2.24, 2.45) is 0 Å². The summed E-state index contributed by atoms with van der Waals surface area (Å²) in [5, 5.41) is 0.517. The average molecular weight is 416 g/mol. The highest BCUT2D eigenvalue weighted by molar-refractivity contribution is 5.82. The normalized spacial score (nSPS) is 15.0. The number of nitrogens with one attached hydrogen (secondary N) is 1. The fraction of sp³-hybridized carbons (Fsp3) is 0.250. The number of aromatic nitrogens is 2. The first-order chi connectivity index (χ1) is 15.0. The van der Waals surface area contributed by atoms with Crippen LogP contribution in [0.5, 0.6) is 0 Å². The van der Waals surface area contributed by atoms with Crippen LogP contribution in [0.15, 0.2) is 59.5 Å². The molecule has 7 nitrogen and oxygen atoms in total. The minimum Gasteiger partial charge on any atom is -0.335 e. The summed E-state index contributed by atoms with van der Waals surface area (Å²) in [7, 11) is 0. The first-order valence-electron chi connectivity index (χ1n) is 10.3. The van der Waals surface area contributed by atoms with Crippen molar-refractivity contribution in [2.75, 3.05) is 6.54 Å². The van der Waals surface area contributed by atoms with Crippen molar-refractivity contribution in [1.82, 2.24) is 19.8 Å². The van der Waals surface area contributed by atoms with Crippen LogP contribution >= 0.6 is 0 Å². The van der Waals surface area contributed by atoms with Gasteiger partial charge < -0.3 is 14.8 Å². The molecule has 2 amide bonds. The zero-order chi connectivity index (χ0) is 22.0. The maximum absolute atomic E-state index is 13.2. The van der Waals surface area contributed by atoms with Crippen LogP contribution in [0.3, 0.4) is 0 Å². The largest absolute Gasteiger partial charge is 0.335 e. The summed E-state index contributed by atoms with van der Waals surface area (Å²) in [5.74, 6) is 0.207. The quantitative estimate of drug-likeness (QED) is 0.692. The number of rotatable bonds is 5. The highest BCUT2D eigenvalue weighted by Crippen LogP contribution is 2.33. The number of para-hydroxylation sites is 1. The Hall–Kier alpha value is -3.74. The van der Waals surface area contributed by atoms with E-state index in [0.29, 0.717) is 23.3 Å². The average Bonchev–Trinajstić information content (AvgIpc) is 2.77. The number of aromatic amines is 1. The number of fused-ring (bicyclic) bond motifs is 2. The summed E-state index contributed by atoms with van der Waals surface area (Å²) in [6.45, 7) is 4.03. The predicted molar refractivity (Wildman–Crippen MR) is 119 cm³/mol. The van der Waals surface area contributed by atoms with Crippen LogP contribution < -0.4 is 5.56 Å². The molecule has 0 spiro atoms. The minimum atomic E-state index is -0.371. The van der Waals surface area contributed by atoms with Crippen LogP contribution in [0.4, 0.5) is 0 Å². The molecule has 0 unspecified atom stereocenters. The number of amides is 2. The van der Waals surface area contributed by atoms with Crippen LogP contribution in [0, 0.1) is 0 Å². The number of hydrogen-bond donors (Lipinski definition) is 1. The van der Waals surface area contributed by atoms with Crippen LogP contribution in [0.25, 0.3) is 17.0 Å². The third-order valence-electron chi connectivity index (χ3n) is 5.57. The molecule has 0 bridgehead atoms. The van der Waals surface area contributed by atoms with E-state index in [4.69, 9.17) is 0 Å². The van der Waals surface area contributed by atoms with Gasteiger partial charge in [-0.3, -0.25) is 14.4 Å². The van der Waals surface area contributed by atoms with E-state index in [0.717, 1.165) is 11.1 Å². The molecule has 0 saturated carbocycles. The fourth-order valence-corrected chi connectivity index (χ4v) is 3.97. The Morgan fingerprint density at radius 3 is 2.65 bits per heavy atom. The van der Waals surface area contributed by atoms with E-state index in [1.165, 1.54) is 6.92 Å². The van der Waals surface area contributed by atoms with Crippen molar-refractivity contribution < 1.29 is 9.59 Å². The van der Waals surface area contributed by atoms with Gasteiger partial charge in [-0.05, 0) is 36.3 Å². The smallest absolute Gasteiger partial charge is 0.258 e. The van der Waals surface area contributed by atoms with Gasteiger partial charge in [0.1, 0.15) is 5.82 Å². The number of H-pyrrole nitrogens is 1. The molecule has 0 aliphatic carbocycles. The molecule has 0 saturated heterocycles. The molecule has 3 aromatic rings. The van der Waals surface area contributed by atoms with Gasteiger partial charge in [-0.1, -0.05) is 36.4 Å².